The Hall–Kier alpha value is -3.08. The van der Waals surface area contributed by atoms with Crippen LogP contribution >= 0.6 is 11.6 Å². The maximum absolute atomic E-state index is 13.1. The summed E-state index contributed by atoms with van der Waals surface area (Å²) >= 11 is 6.08. The first-order valence-corrected chi connectivity index (χ1v) is 8.45. The van der Waals surface area contributed by atoms with Gasteiger partial charge in [0.15, 0.2) is 5.69 Å². The van der Waals surface area contributed by atoms with Crippen LogP contribution in [0.2, 0.25) is 5.02 Å². The summed E-state index contributed by atoms with van der Waals surface area (Å²) in [6, 6.07) is 7.02. The summed E-state index contributed by atoms with van der Waals surface area (Å²) in [7, 11) is 0. The number of aromatic carboxylic acids is 1. The Morgan fingerprint density at radius 1 is 1.00 bits per heavy atom. The van der Waals surface area contributed by atoms with Crippen molar-refractivity contribution in [1.82, 2.24) is 15.0 Å². The van der Waals surface area contributed by atoms with Crippen molar-refractivity contribution in [3.63, 3.8) is 0 Å². The molecule has 0 amide bonds. The number of halogens is 7. The van der Waals surface area contributed by atoms with Gasteiger partial charge in [0.25, 0.3) is 0 Å². The number of rotatable bonds is 4. The zero-order valence-electron chi connectivity index (χ0n) is 14.6. The molecule has 30 heavy (non-hydrogen) atoms. The molecule has 0 bridgehead atoms. The summed E-state index contributed by atoms with van der Waals surface area (Å²) in [5.74, 6) is -1.49. The Morgan fingerprint density at radius 3 is 2.07 bits per heavy atom. The number of alkyl halides is 6. The predicted molar refractivity (Wildman–Crippen MR) is 93.0 cm³/mol. The fraction of sp³-hybridized carbons (Fsp3) is 0.167. The van der Waals surface area contributed by atoms with E-state index in [4.69, 9.17) is 11.6 Å². The third kappa shape index (κ3) is 4.40. The van der Waals surface area contributed by atoms with Gasteiger partial charge in [-0.2, -0.15) is 26.3 Å². The molecule has 2 aromatic carbocycles. The van der Waals surface area contributed by atoms with Gasteiger partial charge < -0.3 is 5.11 Å². The standard InChI is InChI=1S/C18H10ClF6N3O2/c19-13-4-2-1-3-12(13)15-14(16(29)30)26-27-28(15)8-9-5-10(17(20,21)22)7-11(6-9)18(23,24)25/h1-7H,8H2,(H,29,30). The first-order chi connectivity index (χ1) is 13.9. The highest BCUT2D eigenvalue weighted by Gasteiger charge is 2.37. The van der Waals surface area contributed by atoms with Crippen LogP contribution in [0.15, 0.2) is 42.5 Å². The second-order valence-electron chi connectivity index (χ2n) is 6.14. The molecule has 0 atom stereocenters. The van der Waals surface area contributed by atoms with Crippen molar-refractivity contribution in [3.05, 3.63) is 69.9 Å². The van der Waals surface area contributed by atoms with E-state index in [9.17, 15) is 36.2 Å². The molecule has 3 rings (SSSR count). The third-order valence-electron chi connectivity index (χ3n) is 4.05. The zero-order chi connectivity index (χ0) is 22.3. The summed E-state index contributed by atoms with van der Waals surface area (Å²) < 4.78 is 79.4. The van der Waals surface area contributed by atoms with Crippen molar-refractivity contribution in [1.29, 1.82) is 0 Å². The van der Waals surface area contributed by atoms with E-state index in [0.29, 0.717) is 12.1 Å². The molecule has 0 aliphatic carbocycles. The minimum Gasteiger partial charge on any atom is -0.476 e. The van der Waals surface area contributed by atoms with E-state index in [1.807, 2.05) is 0 Å². The SMILES string of the molecule is O=C(O)c1nnn(Cc2cc(C(F)(F)F)cc(C(F)(F)F)c2)c1-c1ccccc1Cl. The molecule has 1 N–H and O–H groups in total. The number of nitrogens with zero attached hydrogens (tertiary/aromatic N) is 3. The van der Waals surface area contributed by atoms with Crippen LogP contribution in [0.4, 0.5) is 26.3 Å². The average molecular weight is 450 g/mol. The third-order valence-corrected chi connectivity index (χ3v) is 4.38. The number of benzene rings is 2. The van der Waals surface area contributed by atoms with Gasteiger partial charge >= 0.3 is 18.3 Å². The van der Waals surface area contributed by atoms with Gasteiger partial charge in [-0.3, -0.25) is 0 Å². The summed E-state index contributed by atoms with van der Waals surface area (Å²) in [4.78, 5) is 11.5. The Balaban J connectivity index is 2.16. The smallest absolute Gasteiger partial charge is 0.416 e. The first-order valence-electron chi connectivity index (χ1n) is 8.08. The molecule has 0 aliphatic rings. The second-order valence-corrected chi connectivity index (χ2v) is 6.55. The first kappa shape index (κ1) is 21.6. The molecular formula is C18H10ClF6N3O2. The molecule has 1 heterocycles. The molecule has 5 nitrogen and oxygen atoms in total. The van der Waals surface area contributed by atoms with Crippen molar-refractivity contribution in [3.8, 4) is 11.3 Å². The van der Waals surface area contributed by atoms with Gasteiger partial charge in [-0.1, -0.05) is 35.0 Å². The maximum atomic E-state index is 13.1. The highest BCUT2D eigenvalue weighted by molar-refractivity contribution is 6.33. The Labute approximate surface area is 169 Å². The van der Waals surface area contributed by atoms with Crippen LogP contribution in [0.5, 0.6) is 0 Å². The van der Waals surface area contributed by atoms with Gasteiger partial charge in [0.2, 0.25) is 0 Å². The topological polar surface area (TPSA) is 68.0 Å². The molecule has 12 heteroatoms. The van der Waals surface area contributed by atoms with Gasteiger partial charge in [-0.25, -0.2) is 9.48 Å². The zero-order valence-corrected chi connectivity index (χ0v) is 15.3. The summed E-state index contributed by atoms with van der Waals surface area (Å²) in [6.07, 6.45) is -10.0. The number of carboxylic acid groups (broad SMARTS) is 1. The van der Waals surface area contributed by atoms with E-state index in [1.54, 1.807) is 6.07 Å². The van der Waals surface area contributed by atoms with E-state index in [2.05, 4.69) is 10.3 Å². The van der Waals surface area contributed by atoms with Gasteiger partial charge in [0.1, 0.15) is 5.69 Å². The lowest BCUT2D eigenvalue weighted by Gasteiger charge is -2.15. The van der Waals surface area contributed by atoms with Crippen molar-refractivity contribution in [2.75, 3.05) is 0 Å². The number of hydrogen-bond acceptors (Lipinski definition) is 3. The lowest BCUT2D eigenvalue weighted by Crippen LogP contribution is -2.13. The van der Waals surface area contributed by atoms with E-state index in [0.717, 1.165) is 4.68 Å². The van der Waals surface area contributed by atoms with Crippen LogP contribution in [0.1, 0.15) is 27.2 Å². The van der Waals surface area contributed by atoms with Crippen molar-refractivity contribution in [2.45, 2.75) is 18.9 Å². The fourth-order valence-corrected chi connectivity index (χ4v) is 3.00. The molecule has 0 aliphatic heterocycles. The number of hydrogen-bond donors (Lipinski definition) is 1. The van der Waals surface area contributed by atoms with Gasteiger partial charge in [-0.05, 0) is 29.8 Å². The number of carboxylic acids is 1. The van der Waals surface area contributed by atoms with Crippen molar-refractivity contribution in [2.24, 2.45) is 0 Å². The Bertz CT molecular complexity index is 1080. The molecule has 0 fully saturated rings. The van der Waals surface area contributed by atoms with E-state index in [-0.39, 0.29) is 22.3 Å². The van der Waals surface area contributed by atoms with Crippen LogP contribution in [0.3, 0.4) is 0 Å². The van der Waals surface area contributed by atoms with Gasteiger partial charge in [0, 0.05) is 5.56 Å². The largest absolute Gasteiger partial charge is 0.476 e. The molecule has 0 saturated heterocycles. The summed E-state index contributed by atoms with van der Waals surface area (Å²) in [5, 5.41) is 16.5. The van der Waals surface area contributed by atoms with Crippen molar-refractivity contribution < 1.29 is 36.2 Å². The normalized spacial score (nSPS) is 12.2. The number of aromatic nitrogens is 3. The van der Waals surface area contributed by atoms with Crippen molar-refractivity contribution >= 4 is 17.6 Å². The second kappa shape index (κ2) is 7.63. The van der Waals surface area contributed by atoms with Crippen LogP contribution in [0.25, 0.3) is 11.3 Å². The van der Waals surface area contributed by atoms with E-state index >= 15 is 0 Å². The molecule has 1 aromatic heterocycles. The number of carbonyl (C=O) groups is 1. The van der Waals surface area contributed by atoms with Crippen LogP contribution in [-0.2, 0) is 18.9 Å². The Morgan fingerprint density at radius 2 is 1.57 bits per heavy atom. The average Bonchev–Trinajstić information content (AvgIpc) is 3.04. The van der Waals surface area contributed by atoms with Gasteiger partial charge in [-0.15, -0.1) is 5.10 Å². The summed E-state index contributed by atoms with van der Waals surface area (Å²) in [5.41, 5.74) is -3.93. The molecule has 0 spiro atoms. The fourth-order valence-electron chi connectivity index (χ4n) is 2.77. The lowest BCUT2D eigenvalue weighted by atomic mass is 10.0. The molecule has 0 radical (unpaired) electrons. The van der Waals surface area contributed by atoms with Gasteiger partial charge in [0.05, 0.1) is 22.7 Å². The molecule has 0 saturated carbocycles. The highest BCUT2D eigenvalue weighted by Crippen LogP contribution is 2.37. The molecule has 0 unspecified atom stereocenters. The minimum absolute atomic E-state index is 0.00247. The quantitative estimate of drug-likeness (QED) is 0.543. The maximum Gasteiger partial charge on any atom is 0.416 e. The molecule has 3 aromatic rings. The molecule has 158 valence electrons. The minimum atomic E-state index is -5.02. The van der Waals surface area contributed by atoms with E-state index in [1.165, 1.54) is 18.2 Å². The monoisotopic (exact) mass is 449 g/mol. The van der Waals surface area contributed by atoms with Crippen LogP contribution < -0.4 is 0 Å². The summed E-state index contributed by atoms with van der Waals surface area (Å²) in [6.45, 7) is -0.603. The van der Waals surface area contributed by atoms with E-state index < -0.39 is 47.3 Å². The molecular weight excluding hydrogens is 440 g/mol. The van der Waals surface area contributed by atoms with Crippen LogP contribution in [0, 0.1) is 0 Å². The predicted octanol–water partition coefficient (Wildman–Crippen LogP) is 5.38. The highest BCUT2D eigenvalue weighted by atomic mass is 35.5. The van der Waals surface area contributed by atoms with Crippen LogP contribution in [-0.4, -0.2) is 26.1 Å². The Kier molecular flexibility index (Phi) is 5.50. The lowest BCUT2D eigenvalue weighted by molar-refractivity contribution is -0.143.